The molecule has 3 nitrogen and oxygen atoms in total. The first-order chi connectivity index (χ1) is 8.76. The maximum Gasteiger partial charge on any atom is 0.308 e. The quantitative estimate of drug-likeness (QED) is 0.634. The van der Waals surface area contributed by atoms with Crippen molar-refractivity contribution in [1.82, 2.24) is 0 Å². The van der Waals surface area contributed by atoms with E-state index in [1.807, 2.05) is 45.0 Å². The average Bonchev–Trinajstić information content (AvgIpc) is 2.25. The number of ether oxygens (including phenoxy) is 1. The molecule has 0 heterocycles. The van der Waals surface area contributed by atoms with Gasteiger partial charge in [-0.3, -0.25) is 4.79 Å². The Bertz CT molecular complexity index is 406. The van der Waals surface area contributed by atoms with Crippen LogP contribution in [0.15, 0.2) is 24.3 Å². The number of benzene rings is 1. The minimum Gasteiger partial charge on any atom is -0.460 e. The van der Waals surface area contributed by atoms with Crippen LogP contribution in [0.25, 0.3) is 0 Å². The van der Waals surface area contributed by atoms with E-state index in [9.17, 15) is 9.90 Å². The van der Waals surface area contributed by atoms with Crippen molar-refractivity contribution < 1.29 is 14.6 Å². The van der Waals surface area contributed by atoms with E-state index in [0.29, 0.717) is 6.42 Å². The molecule has 0 aliphatic carbocycles. The number of esters is 1. The summed E-state index contributed by atoms with van der Waals surface area (Å²) in [4.78, 5) is 11.5. The Morgan fingerprint density at radius 3 is 2.42 bits per heavy atom. The molecule has 0 saturated carbocycles. The Morgan fingerprint density at radius 2 is 1.89 bits per heavy atom. The summed E-state index contributed by atoms with van der Waals surface area (Å²) in [6.07, 6.45) is 0.747. The summed E-state index contributed by atoms with van der Waals surface area (Å²) in [6.45, 7) is 5.47. The third-order valence-corrected chi connectivity index (χ3v) is 3.22. The van der Waals surface area contributed by atoms with E-state index in [1.54, 1.807) is 0 Å². The van der Waals surface area contributed by atoms with Crippen LogP contribution < -0.4 is 0 Å². The van der Waals surface area contributed by atoms with Crippen molar-refractivity contribution in [2.45, 2.75) is 51.7 Å². The van der Waals surface area contributed by atoms with Gasteiger partial charge in [0.05, 0.1) is 12.5 Å². The van der Waals surface area contributed by atoms with Crippen LogP contribution in [-0.4, -0.2) is 22.8 Å². The minimum absolute atomic E-state index is 0.0572. The average molecular weight is 376 g/mol. The predicted molar refractivity (Wildman–Crippen MR) is 83.9 cm³/mol. The molecule has 1 aromatic carbocycles. The number of hydrogen-bond acceptors (Lipinski definition) is 3. The van der Waals surface area contributed by atoms with Gasteiger partial charge in [-0.25, -0.2) is 0 Å². The van der Waals surface area contributed by atoms with Gasteiger partial charge in [-0.05, 0) is 73.9 Å². The summed E-state index contributed by atoms with van der Waals surface area (Å²) in [5, 5.41) is 9.83. The Balaban J connectivity index is 2.33. The second-order valence-electron chi connectivity index (χ2n) is 5.61. The highest BCUT2D eigenvalue weighted by molar-refractivity contribution is 14.1. The van der Waals surface area contributed by atoms with E-state index in [2.05, 4.69) is 22.6 Å². The minimum atomic E-state index is -0.644. The molecule has 1 aromatic rings. The summed E-state index contributed by atoms with van der Waals surface area (Å²) >= 11 is 2.26. The largest absolute Gasteiger partial charge is 0.460 e. The zero-order valence-electron chi connectivity index (χ0n) is 11.6. The maximum atomic E-state index is 11.5. The SMILES string of the molecule is CC(C)(C)OC(=O)CC(O)CCc1ccc(I)cc1. The van der Waals surface area contributed by atoms with Gasteiger partial charge in [0.1, 0.15) is 5.60 Å². The summed E-state index contributed by atoms with van der Waals surface area (Å²) < 4.78 is 6.37. The smallest absolute Gasteiger partial charge is 0.308 e. The van der Waals surface area contributed by atoms with E-state index < -0.39 is 11.7 Å². The van der Waals surface area contributed by atoms with Crippen molar-refractivity contribution in [2.24, 2.45) is 0 Å². The number of halogens is 1. The molecule has 0 aromatic heterocycles. The molecule has 0 saturated heterocycles. The van der Waals surface area contributed by atoms with Gasteiger partial charge in [0.25, 0.3) is 0 Å². The van der Waals surface area contributed by atoms with Crippen molar-refractivity contribution in [2.75, 3.05) is 0 Å². The fourth-order valence-corrected chi connectivity index (χ4v) is 2.02. The third kappa shape index (κ3) is 7.52. The number of hydrogen-bond donors (Lipinski definition) is 1. The number of aliphatic hydroxyl groups is 1. The Labute approximate surface area is 128 Å². The molecule has 0 fully saturated rings. The summed E-state index contributed by atoms with van der Waals surface area (Å²) in [5.41, 5.74) is 0.677. The number of rotatable bonds is 5. The molecule has 0 amide bonds. The van der Waals surface area contributed by atoms with E-state index in [-0.39, 0.29) is 12.4 Å². The van der Waals surface area contributed by atoms with Gasteiger partial charge in [0.15, 0.2) is 0 Å². The van der Waals surface area contributed by atoms with Gasteiger partial charge in [-0.15, -0.1) is 0 Å². The monoisotopic (exact) mass is 376 g/mol. The lowest BCUT2D eigenvalue weighted by Crippen LogP contribution is -2.26. The lowest BCUT2D eigenvalue weighted by Gasteiger charge is -2.20. The van der Waals surface area contributed by atoms with Crippen molar-refractivity contribution in [1.29, 1.82) is 0 Å². The van der Waals surface area contributed by atoms with Gasteiger partial charge >= 0.3 is 5.97 Å². The van der Waals surface area contributed by atoms with Crippen LogP contribution in [0.5, 0.6) is 0 Å². The molecule has 1 N–H and O–H groups in total. The molecular formula is C15H21IO3. The number of aryl methyl sites for hydroxylation is 1. The highest BCUT2D eigenvalue weighted by Gasteiger charge is 2.19. The van der Waals surface area contributed by atoms with Crippen molar-refractivity contribution >= 4 is 28.6 Å². The van der Waals surface area contributed by atoms with E-state index in [0.717, 1.165) is 6.42 Å². The van der Waals surface area contributed by atoms with Crippen LogP contribution >= 0.6 is 22.6 Å². The Hall–Kier alpha value is -0.620. The number of carbonyl (C=O) groups is 1. The molecule has 1 atom stereocenters. The highest BCUT2D eigenvalue weighted by atomic mass is 127. The van der Waals surface area contributed by atoms with Gasteiger partial charge < -0.3 is 9.84 Å². The van der Waals surface area contributed by atoms with Crippen LogP contribution in [0.1, 0.15) is 39.2 Å². The third-order valence-electron chi connectivity index (χ3n) is 2.50. The number of carbonyl (C=O) groups excluding carboxylic acids is 1. The molecule has 0 aliphatic rings. The topological polar surface area (TPSA) is 46.5 Å². The second-order valence-corrected chi connectivity index (χ2v) is 6.86. The van der Waals surface area contributed by atoms with E-state index >= 15 is 0 Å². The molecule has 19 heavy (non-hydrogen) atoms. The Kier molecular flexibility index (Phi) is 6.26. The molecule has 1 unspecified atom stereocenters. The van der Waals surface area contributed by atoms with Crippen LogP contribution in [-0.2, 0) is 16.0 Å². The molecule has 0 aliphatic heterocycles. The normalized spacial score (nSPS) is 13.1. The molecular weight excluding hydrogens is 355 g/mol. The lowest BCUT2D eigenvalue weighted by atomic mass is 10.1. The predicted octanol–water partition coefficient (Wildman–Crippen LogP) is 3.32. The fourth-order valence-electron chi connectivity index (χ4n) is 1.66. The zero-order valence-corrected chi connectivity index (χ0v) is 13.8. The summed E-state index contributed by atoms with van der Waals surface area (Å²) in [6, 6.07) is 8.16. The molecule has 4 heteroatoms. The summed E-state index contributed by atoms with van der Waals surface area (Å²) in [5.74, 6) is -0.345. The van der Waals surface area contributed by atoms with E-state index in [1.165, 1.54) is 9.13 Å². The summed E-state index contributed by atoms with van der Waals surface area (Å²) in [7, 11) is 0. The second kappa shape index (κ2) is 7.24. The first kappa shape index (κ1) is 16.4. The van der Waals surface area contributed by atoms with Crippen molar-refractivity contribution in [3.8, 4) is 0 Å². The van der Waals surface area contributed by atoms with Crippen LogP contribution in [0.2, 0.25) is 0 Å². The fraction of sp³-hybridized carbons (Fsp3) is 0.533. The van der Waals surface area contributed by atoms with Crippen molar-refractivity contribution in [3.05, 3.63) is 33.4 Å². The highest BCUT2D eigenvalue weighted by Crippen LogP contribution is 2.13. The lowest BCUT2D eigenvalue weighted by molar-refractivity contribution is -0.157. The number of aliphatic hydroxyl groups excluding tert-OH is 1. The van der Waals surface area contributed by atoms with Crippen LogP contribution in [0, 0.1) is 3.57 Å². The van der Waals surface area contributed by atoms with Gasteiger partial charge in [-0.2, -0.15) is 0 Å². The maximum absolute atomic E-state index is 11.5. The van der Waals surface area contributed by atoms with Gasteiger partial charge in [0.2, 0.25) is 0 Å². The zero-order chi connectivity index (χ0) is 14.5. The molecule has 106 valence electrons. The first-order valence-corrected chi connectivity index (χ1v) is 7.48. The van der Waals surface area contributed by atoms with Crippen LogP contribution in [0.3, 0.4) is 0 Å². The van der Waals surface area contributed by atoms with E-state index in [4.69, 9.17) is 4.74 Å². The molecule has 0 spiro atoms. The molecule has 1 rings (SSSR count). The van der Waals surface area contributed by atoms with Crippen LogP contribution in [0.4, 0.5) is 0 Å². The standard InChI is InChI=1S/C15H21IO3/c1-15(2,3)19-14(18)10-13(17)9-6-11-4-7-12(16)8-5-11/h4-5,7-8,13,17H,6,9-10H2,1-3H3. The van der Waals surface area contributed by atoms with Gasteiger partial charge in [-0.1, -0.05) is 12.1 Å². The Morgan fingerprint density at radius 1 is 1.32 bits per heavy atom. The van der Waals surface area contributed by atoms with Gasteiger partial charge in [0, 0.05) is 3.57 Å². The molecule has 0 radical (unpaired) electrons. The first-order valence-electron chi connectivity index (χ1n) is 6.40. The molecule has 0 bridgehead atoms. The van der Waals surface area contributed by atoms with Crippen molar-refractivity contribution in [3.63, 3.8) is 0 Å².